The second kappa shape index (κ2) is 2.69. The van der Waals surface area contributed by atoms with Gasteiger partial charge in [0.15, 0.2) is 5.65 Å². The molecule has 0 aliphatic heterocycles. The molecule has 3 rings (SSSR count). The molecule has 14 heavy (non-hydrogen) atoms. The summed E-state index contributed by atoms with van der Waals surface area (Å²) in [7, 11) is 0. The largest absolute Gasteiger partial charge is 0.264 e. The summed E-state index contributed by atoms with van der Waals surface area (Å²) in [6, 6.07) is 7.97. The van der Waals surface area contributed by atoms with Gasteiger partial charge in [-0.05, 0) is 5.39 Å². The number of hydrogen-bond donors (Lipinski definition) is 1. The fourth-order valence-corrected chi connectivity index (χ4v) is 1.84. The minimum Gasteiger partial charge on any atom is -0.264 e. The number of benzene rings is 1. The van der Waals surface area contributed by atoms with Crippen molar-refractivity contribution in [1.82, 2.24) is 15.2 Å². The number of fused-ring (bicyclic) bond motifs is 3. The molecule has 2 heterocycles. The van der Waals surface area contributed by atoms with Crippen LogP contribution < -0.4 is 0 Å². The van der Waals surface area contributed by atoms with Crippen molar-refractivity contribution in [3.8, 4) is 0 Å². The third-order valence-corrected chi connectivity index (χ3v) is 2.53. The average Bonchev–Trinajstić information content (AvgIpc) is 2.61. The number of aromatic amines is 1. The van der Waals surface area contributed by atoms with Crippen LogP contribution in [0.25, 0.3) is 21.8 Å². The van der Waals surface area contributed by atoms with Gasteiger partial charge in [0.05, 0.1) is 5.39 Å². The Morgan fingerprint density at radius 1 is 1.21 bits per heavy atom. The fourth-order valence-electron chi connectivity index (χ4n) is 1.61. The first-order valence-corrected chi connectivity index (χ1v) is 4.61. The Kier molecular flexibility index (Phi) is 1.49. The molecule has 0 amide bonds. The van der Waals surface area contributed by atoms with E-state index in [2.05, 4.69) is 15.2 Å². The van der Waals surface area contributed by atoms with Crippen molar-refractivity contribution in [1.29, 1.82) is 0 Å². The molecule has 0 atom stereocenters. The summed E-state index contributed by atoms with van der Waals surface area (Å²) in [5, 5.41) is 10.3. The molecule has 0 bridgehead atoms. The molecule has 0 radical (unpaired) electrons. The van der Waals surface area contributed by atoms with Crippen LogP contribution in [0.5, 0.6) is 0 Å². The van der Waals surface area contributed by atoms with Crippen LogP contribution in [0.2, 0.25) is 5.15 Å². The predicted octanol–water partition coefficient (Wildman–Crippen LogP) is 2.76. The quantitative estimate of drug-likeness (QED) is 0.611. The van der Waals surface area contributed by atoms with Crippen LogP contribution in [-0.4, -0.2) is 15.2 Å². The fraction of sp³-hybridized carbons (Fsp3) is 0. The number of nitrogens with zero attached hydrogens (tertiary/aromatic N) is 2. The lowest BCUT2D eigenvalue weighted by Crippen LogP contribution is -1.78. The van der Waals surface area contributed by atoms with Gasteiger partial charge in [0, 0.05) is 11.6 Å². The summed E-state index contributed by atoms with van der Waals surface area (Å²) in [5.41, 5.74) is 0.661. The van der Waals surface area contributed by atoms with Crippen molar-refractivity contribution in [3.05, 3.63) is 35.6 Å². The number of halogens is 1. The smallest absolute Gasteiger partial charge is 0.183 e. The van der Waals surface area contributed by atoms with Crippen LogP contribution in [0.3, 0.4) is 0 Å². The molecule has 0 saturated heterocycles. The molecular weight excluding hydrogens is 198 g/mol. The molecule has 0 aliphatic carbocycles. The molecule has 0 spiro atoms. The standard InChI is InChI=1S/C10H6ClN3/c11-9-8-7-4-2-1-3-6(7)5-12-10(8)14-13-9/h1-5H,(H,12,13,14). The van der Waals surface area contributed by atoms with E-state index in [-0.39, 0.29) is 0 Å². The summed E-state index contributed by atoms with van der Waals surface area (Å²) in [4.78, 5) is 4.20. The first kappa shape index (κ1) is 7.76. The maximum Gasteiger partial charge on any atom is 0.183 e. The Labute approximate surface area is 84.7 Å². The minimum atomic E-state index is 0.546. The van der Waals surface area contributed by atoms with E-state index in [1.807, 2.05) is 24.3 Å². The summed E-state index contributed by atoms with van der Waals surface area (Å²) in [5.74, 6) is 0. The highest BCUT2D eigenvalue weighted by Crippen LogP contribution is 2.27. The normalized spacial score (nSPS) is 11.2. The van der Waals surface area contributed by atoms with E-state index in [0.717, 1.165) is 16.2 Å². The molecule has 1 aromatic carbocycles. The van der Waals surface area contributed by atoms with Gasteiger partial charge < -0.3 is 0 Å². The zero-order valence-electron chi connectivity index (χ0n) is 7.16. The van der Waals surface area contributed by atoms with Gasteiger partial charge in [-0.1, -0.05) is 35.9 Å². The van der Waals surface area contributed by atoms with E-state index >= 15 is 0 Å². The first-order valence-electron chi connectivity index (χ1n) is 4.23. The minimum absolute atomic E-state index is 0.546. The third kappa shape index (κ3) is 0.930. The van der Waals surface area contributed by atoms with Gasteiger partial charge in [0.25, 0.3) is 0 Å². The molecule has 4 heteroatoms. The molecule has 3 nitrogen and oxygen atoms in total. The number of aromatic nitrogens is 3. The van der Waals surface area contributed by atoms with Crippen LogP contribution in [0.15, 0.2) is 30.5 Å². The summed E-state index contributed by atoms with van der Waals surface area (Å²) in [6.45, 7) is 0. The maximum atomic E-state index is 5.99. The summed E-state index contributed by atoms with van der Waals surface area (Å²) >= 11 is 5.99. The highest BCUT2D eigenvalue weighted by molar-refractivity contribution is 6.36. The molecule has 2 aromatic heterocycles. The molecule has 0 unspecified atom stereocenters. The molecule has 0 saturated carbocycles. The summed E-state index contributed by atoms with van der Waals surface area (Å²) in [6.07, 6.45) is 1.80. The van der Waals surface area contributed by atoms with E-state index < -0.39 is 0 Å². The van der Waals surface area contributed by atoms with Gasteiger partial charge >= 0.3 is 0 Å². The number of nitrogens with one attached hydrogen (secondary N) is 1. The van der Waals surface area contributed by atoms with Gasteiger partial charge in [-0.25, -0.2) is 4.98 Å². The van der Waals surface area contributed by atoms with Crippen molar-refractivity contribution >= 4 is 33.4 Å². The van der Waals surface area contributed by atoms with Crippen molar-refractivity contribution in [2.45, 2.75) is 0 Å². The van der Waals surface area contributed by atoms with Gasteiger partial charge in [0.1, 0.15) is 5.15 Å². The zero-order valence-corrected chi connectivity index (χ0v) is 7.92. The molecule has 68 valence electrons. The van der Waals surface area contributed by atoms with E-state index in [1.54, 1.807) is 6.20 Å². The Morgan fingerprint density at radius 3 is 3.00 bits per heavy atom. The molecule has 0 fully saturated rings. The van der Waals surface area contributed by atoms with Crippen LogP contribution in [0, 0.1) is 0 Å². The van der Waals surface area contributed by atoms with Crippen molar-refractivity contribution in [2.24, 2.45) is 0 Å². The van der Waals surface area contributed by atoms with Gasteiger partial charge in [-0.15, -0.1) is 0 Å². The number of hydrogen-bond acceptors (Lipinski definition) is 2. The van der Waals surface area contributed by atoms with Crippen LogP contribution in [-0.2, 0) is 0 Å². The number of pyridine rings is 1. The van der Waals surface area contributed by atoms with Gasteiger partial charge in [0.2, 0.25) is 0 Å². The van der Waals surface area contributed by atoms with Gasteiger partial charge in [-0.3, -0.25) is 5.10 Å². The maximum absolute atomic E-state index is 5.99. The number of H-pyrrole nitrogens is 1. The van der Waals surface area contributed by atoms with Crippen LogP contribution in [0.1, 0.15) is 0 Å². The Balaban J connectivity index is 2.65. The average molecular weight is 204 g/mol. The van der Waals surface area contributed by atoms with Crippen LogP contribution >= 0.6 is 11.6 Å². The predicted molar refractivity (Wildman–Crippen MR) is 56.4 cm³/mol. The lowest BCUT2D eigenvalue weighted by Gasteiger charge is -1.96. The molecule has 1 N–H and O–H groups in total. The monoisotopic (exact) mass is 203 g/mol. The summed E-state index contributed by atoms with van der Waals surface area (Å²) < 4.78 is 0. The van der Waals surface area contributed by atoms with E-state index in [4.69, 9.17) is 11.6 Å². The lowest BCUT2D eigenvalue weighted by molar-refractivity contribution is 1.10. The third-order valence-electron chi connectivity index (χ3n) is 2.26. The van der Waals surface area contributed by atoms with Crippen LogP contribution in [0.4, 0.5) is 0 Å². The topological polar surface area (TPSA) is 41.6 Å². The molecule has 0 aliphatic rings. The van der Waals surface area contributed by atoms with Gasteiger partial charge in [-0.2, -0.15) is 5.10 Å². The van der Waals surface area contributed by atoms with E-state index in [1.165, 1.54) is 0 Å². The highest BCUT2D eigenvalue weighted by Gasteiger charge is 2.07. The molecular formula is C10H6ClN3. The van der Waals surface area contributed by atoms with E-state index in [9.17, 15) is 0 Å². The Morgan fingerprint density at radius 2 is 2.07 bits per heavy atom. The highest BCUT2D eigenvalue weighted by atomic mass is 35.5. The second-order valence-electron chi connectivity index (χ2n) is 3.08. The first-order chi connectivity index (χ1) is 6.86. The molecule has 3 aromatic rings. The van der Waals surface area contributed by atoms with Crippen molar-refractivity contribution in [3.63, 3.8) is 0 Å². The van der Waals surface area contributed by atoms with Crippen molar-refractivity contribution < 1.29 is 0 Å². The zero-order chi connectivity index (χ0) is 9.54. The Hall–Kier alpha value is -1.61. The number of rotatable bonds is 0. The second-order valence-corrected chi connectivity index (χ2v) is 3.46. The lowest BCUT2D eigenvalue weighted by atomic mass is 10.1. The SMILES string of the molecule is Clc1[nH]nc2ncc3ccccc3c12. The van der Waals surface area contributed by atoms with E-state index in [0.29, 0.717) is 10.8 Å². The Bertz CT molecular complexity index is 615. The van der Waals surface area contributed by atoms with Crippen molar-refractivity contribution in [2.75, 3.05) is 0 Å².